The standard InChI is InChI=1S/C19H27ClN6O2.HI/c1-19(2,3)24-15(27)12-26(5)18(21-4)22-11-10-16-23-17(25-28-16)13-6-8-14(20)9-7-13;/h6-9H,10-12H2,1-5H3,(H,21,22)(H,24,27);1H. The number of carbonyl (C=O) groups is 1. The largest absolute Gasteiger partial charge is 0.356 e. The highest BCUT2D eigenvalue weighted by atomic mass is 127. The fourth-order valence-corrected chi connectivity index (χ4v) is 2.61. The van der Waals surface area contributed by atoms with Crippen molar-refractivity contribution in [2.75, 3.05) is 27.2 Å². The molecular weight excluding hydrogens is 507 g/mol. The summed E-state index contributed by atoms with van der Waals surface area (Å²) >= 11 is 5.89. The van der Waals surface area contributed by atoms with Gasteiger partial charge >= 0.3 is 0 Å². The van der Waals surface area contributed by atoms with E-state index in [2.05, 4.69) is 25.8 Å². The Morgan fingerprint density at radius 3 is 2.52 bits per heavy atom. The van der Waals surface area contributed by atoms with E-state index in [1.54, 1.807) is 24.1 Å². The van der Waals surface area contributed by atoms with Gasteiger partial charge in [0, 0.05) is 43.2 Å². The molecule has 2 rings (SSSR count). The van der Waals surface area contributed by atoms with Gasteiger partial charge in [-0.3, -0.25) is 9.79 Å². The number of rotatable bonds is 6. The first-order valence-corrected chi connectivity index (χ1v) is 9.37. The van der Waals surface area contributed by atoms with Crippen LogP contribution in [-0.2, 0) is 11.2 Å². The van der Waals surface area contributed by atoms with Gasteiger partial charge in [-0.15, -0.1) is 24.0 Å². The molecule has 1 heterocycles. The number of hydrogen-bond donors (Lipinski definition) is 2. The number of guanidine groups is 1. The molecule has 2 N–H and O–H groups in total. The molecule has 29 heavy (non-hydrogen) atoms. The molecule has 160 valence electrons. The number of nitrogens with one attached hydrogen (secondary N) is 2. The maximum absolute atomic E-state index is 12.1. The molecule has 10 heteroatoms. The second-order valence-electron chi connectivity index (χ2n) is 7.40. The number of likely N-dealkylation sites (N-methyl/N-ethyl adjacent to an activating group) is 1. The number of benzene rings is 1. The average molecular weight is 535 g/mol. The first-order chi connectivity index (χ1) is 13.2. The molecule has 0 radical (unpaired) electrons. The summed E-state index contributed by atoms with van der Waals surface area (Å²) in [5.41, 5.74) is 0.571. The summed E-state index contributed by atoms with van der Waals surface area (Å²) in [5, 5.41) is 10.8. The van der Waals surface area contributed by atoms with Crippen LogP contribution in [0.1, 0.15) is 26.7 Å². The number of halogens is 2. The van der Waals surface area contributed by atoms with Gasteiger partial charge in [-0.1, -0.05) is 16.8 Å². The van der Waals surface area contributed by atoms with Crippen molar-refractivity contribution in [3.63, 3.8) is 0 Å². The lowest BCUT2D eigenvalue weighted by Gasteiger charge is -2.25. The molecule has 1 aromatic heterocycles. The van der Waals surface area contributed by atoms with Crippen molar-refractivity contribution in [3.05, 3.63) is 35.2 Å². The molecular formula is C19H28ClIN6O2. The minimum Gasteiger partial charge on any atom is -0.356 e. The Labute approximate surface area is 193 Å². The van der Waals surface area contributed by atoms with Crippen LogP contribution in [0.5, 0.6) is 0 Å². The molecule has 0 fully saturated rings. The Morgan fingerprint density at radius 1 is 1.28 bits per heavy atom. The van der Waals surface area contributed by atoms with Crippen molar-refractivity contribution in [1.82, 2.24) is 25.7 Å². The van der Waals surface area contributed by atoms with E-state index in [0.29, 0.717) is 35.7 Å². The van der Waals surface area contributed by atoms with Crippen LogP contribution >= 0.6 is 35.6 Å². The normalized spacial score (nSPS) is 11.6. The van der Waals surface area contributed by atoms with Crippen molar-refractivity contribution in [2.24, 2.45) is 4.99 Å². The highest BCUT2D eigenvalue weighted by Crippen LogP contribution is 2.18. The number of aliphatic imine (C=N–C) groups is 1. The zero-order valence-corrected chi connectivity index (χ0v) is 20.4. The summed E-state index contributed by atoms with van der Waals surface area (Å²) in [6.45, 7) is 6.58. The monoisotopic (exact) mass is 534 g/mol. The first kappa shape index (κ1) is 25.2. The molecule has 0 spiro atoms. The lowest BCUT2D eigenvalue weighted by atomic mass is 10.1. The Kier molecular flexibility index (Phi) is 9.84. The molecule has 2 aromatic rings. The predicted molar refractivity (Wildman–Crippen MR) is 126 cm³/mol. The molecule has 0 atom stereocenters. The maximum atomic E-state index is 12.1. The smallest absolute Gasteiger partial charge is 0.240 e. The lowest BCUT2D eigenvalue weighted by Crippen LogP contribution is -2.49. The van der Waals surface area contributed by atoms with E-state index in [-0.39, 0.29) is 42.0 Å². The van der Waals surface area contributed by atoms with Crippen LogP contribution in [0, 0.1) is 0 Å². The van der Waals surface area contributed by atoms with Gasteiger partial charge in [0.25, 0.3) is 0 Å². The average Bonchev–Trinajstić information content (AvgIpc) is 3.06. The first-order valence-electron chi connectivity index (χ1n) is 8.99. The minimum absolute atomic E-state index is 0. The predicted octanol–water partition coefficient (Wildman–Crippen LogP) is 2.97. The van der Waals surface area contributed by atoms with Crippen LogP contribution in [0.2, 0.25) is 5.02 Å². The van der Waals surface area contributed by atoms with E-state index >= 15 is 0 Å². The third-order valence-electron chi connectivity index (χ3n) is 3.66. The number of hydrogen-bond acceptors (Lipinski definition) is 5. The van der Waals surface area contributed by atoms with Crippen molar-refractivity contribution in [3.8, 4) is 11.4 Å². The van der Waals surface area contributed by atoms with Crippen molar-refractivity contribution >= 4 is 47.4 Å². The molecule has 0 aliphatic rings. The quantitative estimate of drug-likeness (QED) is 0.336. The number of nitrogens with zero attached hydrogens (tertiary/aromatic N) is 4. The maximum Gasteiger partial charge on any atom is 0.240 e. The Bertz CT molecular complexity index is 817. The molecule has 8 nitrogen and oxygen atoms in total. The molecule has 1 amide bonds. The SMILES string of the molecule is CN=C(NCCc1nc(-c2ccc(Cl)cc2)no1)N(C)CC(=O)NC(C)(C)C.I. The van der Waals surface area contributed by atoms with Crippen LogP contribution in [0.15, 0.2) is 33.8 Å². The topological polar surface area (TPSA) is 95.7 Å². The highest BCUT2D eigenvalue weighted by Gasteiger charge is 2.17. The fourth-order valence-electron chi connectivity index (χ4n) is 2.49. The van der Waals surface area contributed by atoms with Gasteiger partial charge in [-0.05, 0) is 45.0 Å². The van der Waals surface area contributed by atoms with Crippen LogP contribution in [0.3, 0.4) is 0 Å². The lowest BCUT2D eigenvalue weighted by molar-refractivity contribution is -0.122. The molecule has 0 aliphatic carbocycles. The molecule has 0 bridgehead atoms. The second-order valence-corrected chi connectivity index (χ2v) is 7.83. The van der Waals surface area contributed by atoms with Gasteiger partial charge in [0.1, 0.15) is 0 Å². The number of aromatic nitrogens is 2. The molecule has 1 aromatic carbocycles. The van der Waals surface area contributed by atoms with Gasteiger partial charge in [-0.2, -0.15) is 4.98 Å². The van der Waals surface area contributed by atoms with Crippen LogP contribution in [0.25, 0.3) is 11.4 Å². The van der Waals surface area contributed by atoms with E-state index < -0.39 is 0 Å². The molecule has 0 saturated heterocycles. The third-order valence-corrected chi connectivity index (χ3v) is 3.91. The molecule has 0 aliphatic heterocycles. The zero-order valence-electron chi connectivity index (χ0n) is 17.3. The van der Waals surface area contributed by atoms with Gasteiger partial charge in [0.05, 0.1) is 6.54 Å². The van der Waals surface area contributed by atoms with E-state index in [4.69, 9.17) is 16.1 Å². The highest BCUT2D eigenvalue weighted by molar-refractivity contribution is 14.0. The Hall–Kier alpha value is -1.88. The summed E-state index contributed by atoms with van der Waals surface area (Å²) in [4.78, 5) is 22.4. The Balaban J connectivity index is 0.00000420. The summed E-state index contributed by atoms with van der Waals surface area (Å²) in [6, 6.07) is 7.25. The molecule has 0 unspecified atom stereocenters. The van der Waals surface area contributed by atoms with Gasteiger partial charge in [0.2, 0.25) is 17.6 Å². The number of carbonyl (C=O) groups excluding carboxylic acids is 1. The van der Waals surface area contributed by atoms with E-state index in [1.807, 2.05) is 40.0 Å². The second kappa shape index (κ2) is 11.3. The number of amides is 1. The zero-order chi connectivity index (χ0) is 20.7. The Morgan fingerprint density at radius 2 is 1.93 bits per heavy atom. The minimum atomic E-state index is -0.269. The van der Waals surface area contributed by atoms with Crippen LogP contribution < -0.4 is 10.6 Å². The van der Waals surface area contributed by atoms with E-state index in [9.17, 15) is 4.79 Å². The van der Waals surface area contributed by atoms with Gasteiger partial charge in [-0.25, -0.2) is 0 Å². The van der Waals surface area contributed by atoms with Crippen molar-refractivity contribution in [1.29, 1.82) is 0 Å². The summed E-state index contributed by atoms with van der Waals surface area (Å²) in [6.07, 6.45) is 0.529. The fraction of sp³-hybridized carbons (Fsp3) is 0.474. The van der Waals surface area contributed by atoms with Crippen molar-refractivity contribution < 1.29 is 9.32 Å². The summed E-state index contributed by atoms with van der Waals surface area (Å²) in [5.74, 6) is 1.58. The van der Waals surface area contributed by atoms with Gasteiger partial charge < -0.3 is 20.1 Å². The molecule has 0 saturated carbocycles. The third kappa shape index (κ3) is 8.57. The van der Waals surface area contributed by atoms with E-state index in [0.717, 1.165) is 5.56 Å². The van der Waals surface area contributed by atoms with E-state index in [1.165, 1.54) is 0 Å². The summed E-state index contributed by atoms with van der Waals surface area (Å²) < 4.78 is 5.29. The van der Waals surface area contributed by atoms with Crippen LogP contribution in [0.4, 0.5) is 0 Å². The van der Waals surface area contributed by atoms with Gasteiger partial charge in [0.15, 0.2) is 5.96 Å². The summed E-state index contributed by atoms with van der Waals surface area (Å²) in [7, 11) is 3.48. The van der Waals surface area contributed by atoms with Crippen molar-refractivity contribution in [2.45, 2.75) is 32.7 Å². The van der Waals surface area contributed by atoms with Crippen LogP contribution in [-0.4, -0.2) is 59.6 Å².